The van der Waals surface area contributed by atoms with Crippen molar-refractivity contribution in [1.29, 1.82) is 0 Å². The van der Waals surface area contributed by atoms with Crippen molar-refractivity contribution in [3.63, 3.8) is 0 Å². The SMILES string of the molecule is COCCNC(=O)C(C)Nc1nccn(C)c1=O. The van der Waals surface area contributed by atoms with E-state index >= 15 is 0 Å². The van der Waals surface area contributed by atoms with Crippen LogP contribution in [0.1, 0.15) is 6.92 Å². The molecule has 1 atom stereocenters. The smallest absolute Gasteiger partial charge is 0.293 e. The Balaban J connectivity index is 2.58. The van der Waals surface area contributed by atoms with Crippen molar-refractivity contribution in [1.82, 2.24) is 14.9 Å². The highest BCUT2D eigenvalue weighted by Gasteiger charge is 2.14. The number of nitrogens with one attached hydrogen (secondary N) is 2. The number of carbonyl (C=O) groups is 1. The minimum absolute atomic E-state index is 0.161. The summed E-state index contributed by atoms with van der Waals surface area (Å²) in [5.74, 6) is -0.0471. The van der Waals surface area contributed by atoms with E-state index in [9.17, 15) is 9.59 Å². The highest BCUT2D eigenvalue weighted by Crippen LogP contribution is 1.96. The van der Waals surface area contributed by atoms with Gasteiger partial charge in [-0.1, -0.05) is 0 Å². The molecule has 100 valence electrons. The van der Waals surface area contributed by atoms with Gasteiger partial charge in [-0.15, -0.1) is 0 Å². The lowest BCUT2D eigenvalue weighted by Crippen LogP contribution is -2.40. The predicted molar refractivity (Wildman–Crippen MR) is 67.4 cm³/mol. The average molecular weight is 254 g/mol. The molecule has 1 amide bonds. The van der Waals surface area contributed by atoms with Gasteiger partial charge in [0.25, 0.3) is 5.56 Å². The molecule has 1 aromatic rings. The first kappa shape index (κ1) is 14.2. The first-order valence-electron chi connectivity index (χ1n) is 5.61. The van der Waals surface area contributed by atoms with Crippen molar-refractivity contribution in [3.8, 4) is 0 Å². The molecule has 0 saturated carbocycles. The van der Waals surface area contributed by atoms with Gasteiger partial charge in [0, 0.05) is 33.1 Å². The minimum Gasteiger partial charge on any atom is -0.383 e. The van der Waals surface area contributed by atoms with Crippen LogP contribution in [0.5, 0.6) is 0 Å². The van der Waals surface area contributed by atoms with E-state index < -0.39 is 6.04 Å². The summed E-state index contributed by atoms with van der Waals surface area (Å²) in [7, 11) is 3.18. The zero-order chi connectivity index (χ0) is 13.5. The zero-order valence-corrected chi connectivity index (χ0v) is 10.8. The molecule has 0 aliphatic heterocycles. The second-order valence-electron chi connectivity index (χ2n) is 3.84. The van der Waals surface area contributed by atoms with Crippen LogP contribution in [0.25, 0.3) is 0 Å². The number of aryl methyl sites for hydroxylation is 1. The van der Waals surface area contributed by atoms with Crippen LogP contribution >= 0.6 is 0 Å². The second kappa shape index (κ2) is 6.75. The van der Waals surface area contributed by atoms with Gasteiger partial charge in [-0.25, -0.2) is 4.98 Å². The van der Waals surface area contributed by atoms with Crippen molar-refractivity contribution < 1.29 is 9.53 Å². The molecule has 7 nitrogen and oxygen atoms in total. The van der Waals surface area contributed by atoms with Gasteiger partial charge in [-0.3, -0.25) is 9.59 Å². The fraction of sp³-hybridized carbons (Fsp3) is 0.545. The monoisotopic (exact) mass is 254 g/mol. The summed E-state index contributed by atoms with van der Waals surface area (Å²) in [5, 5.41) is 5.45. The van der Waals surface area contributed by atoms with Crippen LogP contribution in [0.2, 0.25) is 0 Å². The number of aromatic nitrogens is 2. The highest BCUT2D eigenvalue weighted by atomic mass is 16.5. The molecule has 0 saturated heterocycles. The molecule has 18 heavy (non-hydrogen) atoms. The van der Waals surface area contributed by atoms with Crippen molar-refractivity contribution in [2.24, 2.45) is 7.05 Å². The fourth-order valence-corrected chi connectivity index (χ4v) is 1.30. The maximum absolute atomic E-state index is 11.7. The summed E-state index contributed by atoms with van der Waals surface area (Å²) in [6.45, 7) is 2.54. The minimum atomic E-state index is -0.538. The van der Waals surface area contributed by atoms with Crippen LogP contribution < -0.4 is 16.2 Å². The number of carbonyl (C=O) groups excluding carboxylic acids is 1. The summed E-state index contributed by atoms with van der Waals surface area (Å²) >= 11 is 0. The Morgan fingerprint density at radius 3 is 3.00 bits per heavy atom. The lowest BCUT2D eigenvalue weighted by atomic mass is 10.3. The van der Waals surface area contributed by atoms with Gasteiger partial charge in [0.1, 0.15) is 6.04 Å². The third-order valence-electron chi connectivity index (χ3n) is 2.37. The molecule has 1 aromatic heterocycles. The molecule has 0 fully saturated rings. The lowest BCUT2D eigenvalue weighted by molar-refractivity contribution is -0.121. The quantitative estimate of drug-likeness (QED) is 0.658. The van der Waals surface area contributed by atoms with Crippen molar-refractivity contribution in [3.05, 3.63) is 22.7 Å². The maximum Gasteiger partial charge on any atom is 0.293 e. The third-order valence-corrected chi connectivity index (χ3v) is 2.37. The van der Waals surface area contributed by atoms with E-state index in [-0.39, 0.29) is 17.3 Å². The van der Waals surface area contributed by atoms with E-state index in [1.54, 1.807) is 27.3 Å². The number of hydrogen-bond acceptors (Lipinski definition) is 5. The molecule has 2 N–H and O–H groups in total. The summed E-state index contributed by atoms with van der Waals surface area (Å²) in [4.78, 5) is 27.2. The Morgan fingerprint density at radius 1 is 1.61 bits per heavy atom. The largest absolute Gasteiger partial charge is 0.383 e. The van der Waals surface area contributed by atoms with Gasteiger partial charge in [-0.05, 0) is 6.92 Å². The Kier molecular flexibility index (Phi) is 5.31. The normalized spacial score (nSPS) is 11.9. The lowest BCUT2D eigenvalue weighted by Gasteiger charge is -2.14. The van der Waals surface area contributed by atoms with Gasteiger partial charge in [0.15, 0.2) is 5.82 Å². The van der Waals surface area contributed by atoms with Crippen molar-refractivity contribution in [2.45, 2.75) is 13.0 Å². The Morgan fingerprint density at radius 2 is 2.33 bits per heavy atom. The van der Waals surface area contributed by atoms with Crippen LogP contribution in [-0.2, 0) is 16.6 Å². The zero-order valence-electron chi connectivity index (χ0n) is 10.8. The van der Waals surface area contributed by atoms with Gasteiger partial charge < -0.3 is 19.9 Å². The van der Waals surface area contributed by atoms with Gasteiger partial charge in [-0.2, -0.15) is 0 Å². The molecule has 1 unspecified atom stereocenters. The van der Waals surface area contributed by atoms with E-state index in [0.29, 0.717) is 13.2 Å². The van der Waals surface area contributed by atoms with Crippen LogP contribution in [0, 0.1) is 0 Å². The van der Waals surface area contributed by atoms with E-state index in [2.05, 4.69) is 15.6 Å². The van der Waals surface area contributed by atoms with Gasteiger partial charge >= 0.3 is 0 Å². The molecule has 1 rings (SSSR count). The number of hydrogen-bond donors (Lipinski definition) is 2. The van der Waals surface area contributed by atoms with Crippen LogP contribution in [0.15, 0.2) is 17.2 Å². The number of ether oxygens (including phenoxy) is 1. The molecule has 1 heterocycles. The number of methoxy groups -OCH3 is 1. The molecular formula is C11H18N4O3. The van der Waals surface area contributed by atoms with E-state index in [0.717, 1.165) is 0 Å². The average Bonchev–Trinajstić information content (AvgIpc) is 2.35. The molecule has 7 heteroatoms. The second-order valence-corrected chi connectivity index (χ2v) is 3.84. The first-order valence-corrected chi connectivity index (χ1v) is 5.61. The number of amides is 1. The van der Waals surface area contributed by atoms with E-state index in [4.69, 9.17) is 4.74 Å². The third kappa shape index (κ3) is 3.85. The van der Waals surface area contributed by atoms with E-state index in [1.807, 2.05) is 0 Å². The Labute approximate surface area is 105 Å². The first-order chi connectivity index (χ1) is 8.56. The van der Waals surface area contributed by atoms with Crippen LogP contribution in [0.3, 0.4) is 0 Å². The topological polar surface area (TPSA) is 85.2 Å². The molecule has 0 aromatic carbocycles. The summed E-state index contributed by atoms with van der Waals surface area (Å²) in [5.41, 5.74) is -0.269. The van der Waals surface area contributed by atoms with E-state index in [1.165, 1.54) is 10.8 Å². The summed E-state index contributed by atoms with van der Waals surface area (Å²) in [6, 6.07) is -0.538. The Hall–Kier alpha value is -1.89. The highest BCUT2D eigenvalue weighted by molar-refractivity contribution is 5.83. The number of anilines is 1. The predicted octanol–water partition coefficient (Wildman–Crippen LogP) is -0.657. The molecule has 0 radical (unpaired) electrons. The standard InChI is InChI=1S/C11H18N4O3/c1-8(10(16)13-5-7-18-3)14-9-11(17)15(2)6-4-12-9/h4,6,8H,5,7H2,1-3H3,(H,12,14)(H,13,16). The number of nitrogens with zero attached hydrogens (tertiary/aromatic N) is 2. The van der Waals surface area contributed by atoms with Crippen LogP contribution in [0.4, 0.5) is 5.82 Å². The van der Waals surface area contributed by atoms with Crippen molar-refractivity contribution in [2.75, 3.05) is 25.6 Å². The van der Waals surface area contributed by atoms with Gasteiger partial charge in [0.2, 0.25) is 5.91 Å². The fourth-order valence-electron chi connectivity index (χ4n) is 1.30. The molecule has 0 bridgehead atoms. The molecular weight excluding hydrogens is 236 g/mol. The van der Waals surface area contributed by atoms with Crippen molar-refractivity contribution >= 4 is 11.7 Å². The molecule has 0 spiro atoms. The number of rotatable bonds is 6. The summed E-state index contributed by atoms with van der Waals surface area (Å²) in [6.07, 6.45) is 3.05. The maximum atomic E-state index is 11.7. The molecule has 0 aliphatic rings. The van der Waals surface area contributed by atoms with Crippen LogP contribution in [-0.4, -0.2) is 41.8 Å². The van der Waals surface area contributed by atoms with Gasteiger partial charge in [0.05, 0.1) is 6.61 Å². The molecule has 0 aliphatic carbocycles. The summed E-state index contributed by atoms with van der Waals surface area (Å²) < 4.78 is 6.22. The Bertz CT molecular complexity index is 458.